The molecule has 0 atom stereocenters. The van der Waals surface area contributed by atoms with Crippen molar-refractivity contribution in [2.24, 2.45) is 0 Å². The summed E-state index contributed by atoms with van der Waals surface area (Å²) < 4.78 is 5.35. The number of ether oxygens (including phenoxy) is 1. The predicted octanol–water partition coefficient (Wildman–Crippen LogP) is 3.02. The zero-order valence-corrected chi connectivity index (χ0v) is 14.4. The van der Waals surface area contributed by atoms with Gasteiger partial charge in [-0.2, -0.15) is 0 Å². The van der Waals surface area contributed by atoms with Crippen LogP contribution in [0.25, 0.3) is 0 Å². The Morgan fingerprint density at radius 1 is 1.22 bits per heavy atom. The molecule has 1 aliphatic rings. The van der Waals surface area contributed by atoms with Gasteiger partial charge in [-0.3, -0.25) is 9.69 Å². The van der Waals surface area contributed by atoms with Crippen LogP contribution in [0.3, 0.4) is 0 Å². The summed E-state index contributed by atoms with van der Waals surface area (Å²) in [4.78, 5) is 18.5. The minimum Gasteiger partial charge on any atom is -0.496 e. The molecule has 0 N–H and O–H groups in total. The van der Waals surface area contributed by atoms with E-state index in [9.17, 15) is 4.79 Å². The standard InChI is InChI=1S/C18H22N2O2S/c1-14-5-6-17(22-2)16(12-14)18(21)20-9-7-19(8-10-20)13-15-4-3-11-23-15/h3-6,11-12H,7-10,13H2,1-2H3. The fourth-order valence-electron chi connectivity index (χ4n) is 2.89. The molecule has 2 heterocycles. The second-order valence-electron chi connectivity index (χ2n) is 5.85. The van der Waals surface area contributed by atoms with Crippen molar-refractivity contribution in [3.05, 3.63) is 51.7 Å². The van der Waals surface area contributed by atoms with Crippen LogP contribution in [-0.4, -0.2) is 49.0 Å². The van der Waals surface area contributed by atoms with E-state index >= 15 is 0 Å². The Kier molecular flexibility index (Phi) is 4.98. The average molecular weight is 330 g/mol. The number of carbonyl (C=O) groups excluding carboxylic acids is 1. The van der Waals surface area contributed by atoms with E-state index in [0.717, 1.165) is 38.3 Å². The fraction of sp³-hybridized carbons (Fsp3) is 0.389. The molecule has 1 aromatic carbocycles. The molecule has 1 amide bonds. The zero-order valence-electron chi connectivity index (χ0n) is 13.6. The molecular weight excluding hydrogens is 308 g/mol. The normalized spacial score (nSPS) is 15.7. The van der Waals surface area contributed by atoms with Crippen molar-refractivity contribution in [3.63, 3.8) is 0 Å². The van der Waals surface area contributed by atoms with Gasteiger partial charge in [-0.1, -0.05) is 17.7 Å². The second kappa shape index (κ2) is 7.15. The van der Waals surface area contributed by atoms with Crippen LogP contribution >= 0.6 is 11.3 Å². The highest BCUT2D eigenvalue weighted by Crippen LogP contribution is 2.22. The van der Waals surface area contributed by atoms with Gasteiger partial charge in [0.05, 0.1) is 12.7 Å². The average Bonchev–Trinajstić information content (AvgIpc) is 3.08. The summed E-state index contributed by atoms with van der Waals surface area (Å²) in [5, 5.41) is 2.11. The first-order valence-corrected chi connectivity index (χ1v) is 8.74. The Labute approximate surface area is 141 Å². The molecule has 3 rings (SSSR count). The first-order chi connectivity index (χ1) is 11.2. The van der Waals surface area contributed by atoms with Crippen molar-refractivity contribution in [1.82, 2.24) is 9.80 Å². The van der Waals surface area contributed by atoms with E-state index in [4.69, 9.17) is 4.74 Å². The molecule has 5 heteroatoms. The maximum absolute atomic E-state index is 12.8. The number of piperazine rings is 1. The maximum Gasteiger partial charge on any atom is 0.257 e. The van der Waals surface area contributed by atoms with E-state index in [1.54, 1.807) is 18.4 Å². The van der Waals surface area contributed by atoms with Crippen LogP contribution in [0.2, 0.25) is 0 Å². The lowest BCUT2D eigenvalue weighted by atomic mass is 10.1. The Hall–Kier alpha value is -1.85. The van der Waals surface area contributed by atoms with Crippen LogP contribution < -0.4 is 4.74 Å². The van der Waals surface area contributed by atoms with Crippen LogP contribution in [0.1, 0.15) is 20.8 Å². The molecule has 0 saturated carbocycles. The first-order valence-electron chi connectivity index (χ1n) is 7.86. The van der Waals surface area contributed by atoms with E-state index in [0.29, 0.717) is 11.3 Å². The smallest absolute Gasteiger partial charge is 0.257 e. The second-order valence-corrected chi connectivity index (χ2v) is 6.88. The van der Waals surface area contributed by atoms with Crippen molar-refractivity contribution in [3.8, 4) is 5.75 Å². The van der Waals surface area contributed by atoms with Gasteiger partial charge in [0, 0.05) is 37.6 Å². The molecule has 0 unspecified atom stereocenters. The molecule has 2 aromatic rings. The Morgan fingerprint density at radius 2 is 2.00 bits per heavy atom. The Balaban J connectivity index is 1.63. The molecule has 0 aliphatic carbocycles. The highest BCUT2D eigenvalue weighted by Gasteiger charge is 2.24. The minimum absolute atomic E-state index is 0.0707. The summed E-state index contributed by atoms with van der Waals surface area (Å²) in [6.45, 7) is 6.33. The van der Waals surface area contributed by atoms with Gasteiger partial charge in [-0.15, -0.1) is 11.3 Å². The van der Waals surface area contributed by atoms with E-state index in [1.807, 2.05) is 30.0 Å². The lowest BCUT2D eigenvalue weighted by Crippen LogP contribution is -2.48. The number of aryl methyl sites for hydroxylation is 1. The molecule has 4 nitrogen and oxygen atoms in total. The Bertz CT molecular complexity index is 662. The lowest BCUT2D eigenvalue weighted by molar-refractivity contribution is 0.0626. The third-order valence-electron chi connectivity index (χ3n) is 4.20. The number of carbonyl (C=O) groups is 1. The Morgan fingerprint density at radius 3 is 2.65 bits per heavy atom. The van der Waals surface area contributed by atoms with Gasteiger partial charge in [0.15, 0.2) is 0 Å². The summed E-state index contributed by atoms with van der Waals surface area (Å²) in [6.07, 6.45) is 0. The SMILES string of the molecule is COc1ccc(C)cc1C(=O)N1CCN(Cc2cccs2)CC1. The fourth-order valence-corrected chi connectivity index (χ4v) is 3.64. The number of rotatable bonds is 4. The first kappa shape index (κ1) is 16.0. The molecule has 0 bridgehead atoms. The number of benzene rings is 1. The van der Waals surface area contributed by atoms with E-state index in [1.165, 1.54) is 4.88 Å². The third kappa shape index (κ3) is 3.74. The topological polar surface area (TPSA) is 32.8 Å². The molecule has 1 fully saturated rings. The quantitative estimate of drug-likeness (QED) is 0.864. The molecule has 23 heavy (non-hydrogen) atoms. The predicted molar refractivity (Wildman–Crippen MR) is 93.2 cm³/mol. The number of methoxy groups -OCH3 is 1. The summed E-state index contributed by atoms with van der Waals surface area (Å²) in [7, 11) is 1.61. The van der Waals surface area contributed by atoms with E-state index in [-0.39, 0.29) is 5.91 Å². The zero-order chi connectivity index (χ0) is 16.2. The van der Waals surface area contributed by atoms with Gasteiger partial charge in [-0.05, 0) is 30.5 Å². The van der Waals surface area contributed by atoms with Crippen molar-refractivity contribution < 1.29 is 9.53 Å². The number of hydrogen-bond donors (Lipinski definition) is 0. The van der Waals surface area contributed by atoms with E-state index < -0.39 is 0 Å². The van der Waals surface area contributed by atoms with Gasteiger partial charge < -0.3 is 9.64 Å². The van der Waals surface area contributed by atoms with Crippen LogP contribution in [0.15, 0.2) is 35.7 Å². The van der Waals surface area contributed by atoms with Gasteiger partial charge >= 0.3 is 0 Å². The highest BCUT2D eigenvalue weighted by atomic mass is 32.1. The number of thiophene rings is 1. The van der Waals surface area contributed by atoms with Crippen LogP contribution in [0, 0.1) is 6.92 Å². The van der Waals surface area contributed by atoms with Crippen LogP contribution in [0.5, 0.6) is 5.75 Å². The van der Waals surface area contributed by atoms with E-state index in [2.05, 4.69) is 22.4 Å². The van der Waals surface area contributed by atoms with Gasteiger partial charge in [0.1, 0.15) is 5.75 Å². The van der Waals surface area contributed by atoms with Gasteiger partial charge in [0.25, 0.3) is 5.91 Å². The summed E-state index contributed by atoms with van der Waals surface area (Å²) in [6, 6.07) is 10.0. The summed E-state index contributed by atoms with van der Waals surface area (Å²) in [5.74, 6) is 0.725. The molecular formula is C18H22N2O2S. The monoisotopic (exact) mass is 330 g/mol. The number of nitrogens with zero attached hydrogens (tertiary/aromatic N) is 2. The number of amides is 1. The molecule has 0 spiro atoms. The molecule has 0 radical (unpaired) electrons. The molecule has 122 valence electrons. The van der Waals surface area contributed by atoms with Crippen LogP contribution in [0.4, 0.5) is 0 Å². The van der Waals surface area contributed by atoms with Crippen LogP contribution in [-0.2, 0) is 6.54 Å². The van der Waals surface area contributed by atoms with Gasteiger partial charge in [-0.25, -0.2) is 0 Å². The summed E-state index contributed by atoms with van der Waals surface area (Å²) in [5.41, 5.74) is 1.74. The number of hydrogen-bond acceptors (Lipinski definition) is 4. The highest BCUT2D eigenvalue weighted by molar-refractivity contribution is 7.09. The van der Waals surface area contributed by atoms with Crippen molar-refractivity contribution >= 4 is 17.2 Å². The van der Waals surface area contributed by atoms with Crippen molar-refractivity contribution in [2.45, 2.75) is 13.5 Å². The van der Waals surface area contributed by atoms with Crippen molar-refractivity contribution in [1.29, 1.82) is 0 Å². The van der Waals surface area contributed by atoms with Gasteiger partial charge in [0.2, 0.25) is 0 Å². The largest absolute Gasteiger partial charge is 0.496 e. The molecule has 1 aromatic heterocycles. The maximum atomic E-state index is 12.8. The summed E-state index contributed by atoms with van der Waals surface area (Å²) >= 11 is 1.79. The molecule has 1 saturated heterocycles. The minimum atomic E-state index is 0.0707. The van der Waals surface area contributed by atoms with Crippen molar-refractivity contribution in [2.75, 3.05) is 33.3 Å². The third-order valence-corrected chi connectivity index (χ3v) is 5.07. The molecule has 1 aliphatic heterocycles. The lowest BCUT2D eigenvalue weighted by Gasteiger charge is -2.34.